The van der Waals surface area contributed by atoms with Crippen molar-refractivity contribution in [2.45, 2.75) is 24.8 Å². The Hall–Kier alpha value is 0.0500. The van der Waals surface area contributed by atoms with Gasteiger partial charge in [-0.15, -0.1) is 0 Å². The van der Waals surface area contributed by atoms with Crippen molar-refractivity contribution in [1.82, 2.24) is 4.31 Å². The van der Waals surface area contributed by atoms with Crippen molar-refractivity contribution < 1.29 is 13.5 Å². The first-order valence-electron chi connectivity index (χ1n) is 5.26. The lowest BCUT2D eigenvalue weighted by atomic mass is 10.2. The van der Waals surface area contributed by atoms with Gasteiger partial charge in [0.05, 0.1) is 11.0 Å². The third-order valence-electron chi connectivity index (χ3n) is 2.42. The van der Waals surface area contributed by atoms with Gasteiger partial charge in [0.1, 0.15) is 0 Å². The normalized spacial score (nSPS) is 13.9. The van der Waals surface area contributed by atoms with Crippen LogP contribution in [-0.2, 0) is 10.0 Å². The van der Waals surface area contributed by atoms with Gasteiger partial charge in [-0.25, -0.2) is 8.42 Å². The van der Waals surface area contributed by atoms with Gasteiger partial charge in [0, 0.05) is 22.5 Å². The Kier molecular flexibility index (Phi) is 5.37. The summed E-state index contributed by atoms with van der Waals surface area (Å²) < 4.78 is 27.0. The van der Waals surface area contributed by atoms with Crippen LogP contribution in [0.25, 0.3) is 0 Å². The summed E-state index contributed by atoms with van der Waals surface area (Å²) in [7, 11) is -2.16. The van der Waals surface area contributed by atoms with Gasteiger partial charge in [0.25, 0.3) is 0 Å². The Morgan fingerprint density at radius 3 is 2.39 bits per heavy atom. The first-order chi connectivity index (χ1) is 8.16. The number of halogens is 2. The summed E-state index contributed by atoms with van der Waals surface area (Å²) >= 11 is 6.58. The molecule has 1 atom stereocenters. The zero-order valence-electron chi connectivity index (χ0n) is 10.3. The number of benzene rings is 1. The summed E-state index contributed by atoms with van der Waals surface area (Å²) in [6.45, 7) is 3.48. The highest BCUT2D eigenvalue weighted by molar-refractivity contribution is 9.11. The number of nitrogens with zero attached hydrogens (tertiary/aromatic N) is 1. The van der Waals surface area contributed by atoms with Crippen LogP contribution in [0, 0.1) is 6.92 Å². The highest BCUT2D eigenvalue weighted by Gasteiger charge is 2.25. The van der Waals surface area contributed by atoms with E-state index in [0.717, 1.165) is 14.3 Å². The molecule has 0 aliphatic carbocycles. The third kappa shape index (κ3) is 3.54. The molecule has 1 unspecified atom stereocenters. The molecule has 0 amide bonds. The van der Waals surface area contributed by atoms with E-state index in [4.69, 9.17) is 0 Å². The van der Waals surface area contributed by atoms with Gasteiger partial charge in [-0.3, -0.25) is 0 Å². The molecule has 18 heavy (non-hydrogen) atoms. The van der Waals surface area contributed by atoms with Crippen molar-refractivity contribution >= 4 is 41.9 Å². The molecule has 0 aromatic heterocycles. The molecule has 102 valence electrons. The van der Waals surface area contributed by atoms with Crippen molar-refractivity contribution in [3.63, 3.8) is 0 Å². The molecule has 0 bridgehead atoms. The van der Waals surface area contributed by atoms with E-state index in [1.807, 2.05) is 6.92 Å². The molecule has 0 saturated heterocycles. The number of aliphatic hydroxyl groups excluding tert-OH is 1. The zero-order valence-corrected chi connectivity index (χ0v) is 14.3. The monoisotopic (exact) mass is 399 g/mol. The van der Waals surface area contributed by atoms with E-state index in [1.165, 1.54) is 7.05 Å². The molecule has 0 saturated carbocycles. The standard InChI is InChI=1S/C11H15Br2NO3S/c1-7-4-10(13)11(5-9(7)12)18(16,17)14(3)6-8(2)15/h4-5,8,15H,6H2,1-3H3. The van der Waals surface area contributed by atoms with E-state index in [1.54, 1.807) is 19.1 Å². The fraction of sp³-hybridized carbons (Fsp3) is 0.455. The second-order valence-electron chi connectivity index (χ2n) is 4.17. The summed E-state index contributed by atoms with van der Waals surface area (Å²) in [5.41, 5.74) is 0.944. The average Bonchev–Trinajstić information content (AvgIpc) is 2.22. The van der Waals surface area contributed by atoms with Crippen molar-refractivity contribution in [3.05, 3.63) is 26.6 Å². The largest absolute Gasteiger partial charge is 0.392 e. The molecule has 0 fully saturated rings. The highest BCUT2D eigenvalue weighted by Crippen LogP contribution is 2.30. The number of hydrogen-bond donors (Lipinski definition) is 1. The fourth-order valence-electron chi connectivity index (χ4n) is 1.46. The molecule has 0 aliphatic heterocycles. The topological polar surface area (TPSA) is 57.6 Å². The van der Waals surface area contributed by atoms with E-state index >= 15 is 0 Å². The molecule has 7 heteroatoms. The van der Waals surface area contributed by atoms with Crippen molar-refractivity contribution in [2.75, 3.05) is 13.6 Å². The molecule has 1 aromatic carbocycles. The molecular weight excluding hydrogens is 386 g/mol. The first kappa shape index (κ1) is 16.1. The summed E-state index contributed by atoms with van der Waals surface area (Å²) in [5, 5.41) is 9.27. The first-order valence-corrected chi connectivity index (χ1v) is 8.29. The van der Waals surface area contributed by atoms with Crippen LogP contribution in [0.3, 0.4) is 0 Å². The van der Waals surface area contributed by atoms with Gasteiger partial charge in [-0.1, -0.05) is 15.9 Å². The van der Waals surface area contributed by atoms with Gasteiger partial charge >= 0.3 is 0 Å². The molecule has 0 spiro atoms. The minimum absolute atomic E-state index is 0.0558. The van der Waals surface area contributed by atoms with E-state index in [2.05, 4.69) is 31.9 Å². The van der Waals surface area contributed by atoms with Gasteiger partial charge in [0.15, 0.2) is 0 Å². The van der Waals surface area contributed by atoms with Crippen LogP contribution in [0.15, 0.2) is 26.0 Å². The SMILES string of the molecule is Cc1cc(Br)c(S(=O)(=O)N(C)CC(C)O)cc1Br. The maximum Gasteiger partial charge on any atom is 0.244 e. The Morgan fingerprint density at radius 2 is 1.89 bits per heavy atom. The lowest BCUT2D eigenvalue weighted by molar-refractivity contribution is 0.171. The van der Waals surface area contributed by atoms with Crippen LogP contribution < -0.4 is 0 Å². The Labute approximate surface area is 124 Å². The number of likely N-dealkylation sites (N-methyl/N-ethyl adjacent to an activating group) is 1. The van der Waals surface area contributed by atoms with Crippen molar-refractivity contribution in [2.24, 2.45) is 0 Å². The fourth-order valence-corrected chi connectivity index (χ4v) is 4.35. The number of aryl methyl sites for hydroxylation is 1. The lowest BCUT2D eigenvalue weighted by Gasteiger charge is -2.20. The van der Waals surface area contributed by atoms with E-state index in [9.17, 15) is 13.5 Å². The van der Waals surface area contributed by atoms with Crippen molar-refractivity contribution in [1.29, 1.82) is 0 Å². The predicted molar refractivity (Wildman–Crippen MR) is 78.1 cm³/mol. The molecular formula is C11H15Br2NO3S. The molecule has 4 nitrogen and oxygen atoms in total. The predicted octanol–water partition coefficient (Wildman–Crippen LogP) is 2.52. The summed E-state index contributed by atoms with van der Waals surface area (Å²) in [6.07, 6.45) is -0.711. The number of hydrogen-bond acceptors (Lipinski definition) is 3. The van der Waals surface area contributed by atoms with Crippen LogP contribution >= 0.6 is 31.9 Å². The van der Waals surface area contributed by atoms with E-state index in [-0.39, 0.29) is 11.4 Å². The highest BCUT2D eigenvalue weighted by atomic mass is 79.9. The molecule has 1 aromatic rings. The third-order valence-corrected chi connectivity index (χ3v) is 6.06. The van der Waals surface area contributed by atoms with Crippen molar-refractivity contribution in [3.8, 4) is 0 Å². The van der Waals surface area contributed by atoms with Gasteiger partial charge < -0.3 is 5.11 Å². The maximum absolute atomic E-state index is 12.3. The maximum atomic E-state index is 12.3. The van der Waals surface area contributed by atoms with Crippen LogP contribution in [0.5, 0.6) is 0 Å². The quantitative estimate of drug-likeness (QED) is 0.844. The van der Waals surface area contributed by atoms with Crippen LogP contribution in [-0.4, -0.2) is 37.5 Å². The minimum atomic E-state index is -3.61. The molecule has 1 N–H and O–H groups in total. The Morgan fingerprint density at radius 1 is 1.33 bits per heavy atom. The van der Waals surface area contributed by atoms with E-state index in [0.29, 0.717) is 4.47 Å². The van der Waals surface area contributed by atoms with Crippen LogP contribution in [0.1, 0.15) is 12.5 Å². The van der Waals surface area contributed by atoms with Crippen LogP contribution in [0.4, 0.5) is 0 Å². The minimum Gasteiger partial charge on any atom is -0.392 e. The van der Waals surface area contributed by atoms with Gasteiger partial charge in [0.2, 0.25) is 10.0 Å². The average molecular weight is 401 g/mol. The molecule has 0 radical (unpaired) electrons. The number of sulfonamides is 1. The van der Waals surface area contributed by atoms with Gasteiger partial charge in [-0.2, -0.15) is 4.31 Å². The second kappa shape index (κ2) is 6.00. The van der Waals surface area contributed by atoms with Crippen LogP contribution in [0.2, 0.25) is 0 Å². The number of aliphatic hydroxyl groups is 1. The second-order valence-corrected chi connectivity index (χ2v) is 7.89. The summed E-state index contributed by atoms with van der Waals surface area (Å²) in [6, 6.07) is 3.31. The smallest absolute Gasteiger partial charge is 0.244 e. The Bertz CT molecular complexity index is 543. The van der Waals surface area contributed by atoms with Gasteiger partial charge in [-0.05, 0) is 47.5 Å². The number of rotatable bonds is 4. The Balaban J connectivity index is 3.24. The molecule has 0 heterocycles. The lowest BCUT2D eigenvalue weighted by Crippen LogP contribution is -2.33. The molecule has 1 rings (SSSR count). The molecule has 0 aliphatic rings. The zero-order chi connectivity index (χ0) is 14.1. The summed E-state index contributed by atoms with van der Waals surface area (Å²) in [4.78, 5) is 0.183. The van der Waals surface area contributed by atoms with E-state index < -0.39 is 16.1 Å². The summed E-state index contributed by atoms with van der Waals surface area (Å²) in [5.74, 6) is 0.